The number of fused-ring (bicyclic) bond motifs is 2. The van der Waals surface area contributed by atoms with Crippen molar-refractivity contribution in [3.8, 4) is 17.1 Å². The molecule has 4 aromatic heterocycles. The topological polar surface area (TPSA) is 158 Å². The molecule has 220 valence electrons. The minimum atomic E-state index is -0.515. The number of aromatic nitrogens is 5. The van der Waals surface area contributed by atoms with E-state index in [1.54, 1.807) is 30.6 Å². The lowest BCUT2D eigenvalue weighted by Crippen LogP contribution is -2.44. The Morgan fingerprint density at radius 3 is 2.48 bits per heavy atom. The van der Waals surface area contributed by atoms with Crippen LogP contribution in [-0.4, -0.2) is 60.3 Å². The number of thiazole rings is 1. The van der Waals surface area contributed by atoms with Crippen LogP contribution in [0.15, 0.2) is 79.1 Å². The van der Waals surface area contributed by atoms with E-state index in [0.717, 1.165) is 59.6 Å². The highest BCUT2D eigenvalue weighted by molar-refractivity contribution is 7.20. The van der Waals surface area contributed by atoms with Crippen LogP contribution in [0.5, 0.6) is 0 Å². The maximum atomic E-state index is 12.9. The van der Waals surface area contributed by atoms with Gasteiger partial charge in [0, 0.05) is 49.3 Å². The lowest BCUT2D eigenvalue weighted by atomic mass is 10.0. The molecule has 1 aliphatic rings. The molecule has 0 spiro atoms. The summed E-state index contributed by atoms with van der Waals surface area (Å²) in [5.41, 5.74) is 17.0. The van der Waals surface area contributed by atoms with Crippen LogP contribution < -0.4 is 16.8 Å². The van der Waals surface area contributed by atoms with Gasteiger partial charge in [-0.2, -0.15) is 0 Å². The van der Waals surface area contributed by atoms with Gasteiger partial charge in [-0.15, -0.1) is 11.3 Å². The Labute approximate surface area is 256 Å². The summed E-state index contributed by atoms with van der Waals surface area (Å²) in [6.45, 7) is 2.55. The lowest BCUT2D eigenvalue weighted by molar-refractivity contribution is 0.0908. The number of anilines is 1. The molecule has 1 saturated heterocycles. The second kappa shape index (κ2) is 11.5. The van der Waals surface area contributed by atoms with Crippen LogP contribution in [0.25, 0.3) is 38.5 Å². The zero-order chi connectivity index (χ0) is 30.2. The summed E-state index contributed by atoms with van der Waals surface area (Å²) < 4.78 is 2.86. The monoisotopic (exact) mass is 603 g/mol. The number of carbonyl (C=O) groups is 2. The SMILES string of the molecule is NC(=O)c1ccc2sc(C(=O)NC3CCN(Cc4ccc(-n5c(-c6cccnc6N)nc6cccnc65)cc4)CC3)nc2c1. The van der Waals surface area contributed by atoms with Gasteiger partial charge >= 0.3 is 0 Å². The molecule has 11 nitrogen and oxygen atoms in total. The molecule has 0 unspecified atom stereocenters. The first-order valence-corrected chi connectivity index (χ1v) is 15.1. The van der Waals surface area contributed by atoms with E-state index in [-0.39, 0.29) is 11.9 Å². The van der Waals surface area contributed by atoms with Crippen LogP contribution in [0, 0.1) is 0 Å². The van der Waals surface area contributed by atoms with Crippen LogP contribution in [0.4, 0.5) is 5.82 Å². The average Bonchev–Trinajstić information content (AvgIpc) is 3.64. The second-order valence-electron chi connectivity index (χ2n) is 10.8. The number of hydrogen-bond acceptors (Lipinski definition) is 9. The van der Waals surface area contributed by atoms with Crippen molar-refractivity contribution in [2.24, 2.45) is 5.73 Å². The number of amides is 2. The van der Waals surface area contributed by atoms with Gasteiger partial charge in [-0.1, -0.05) is 12.1 Å². The summed E-state index contributed by atoms with van der Waals surface area (Å²) in [6.07, 6.45) is 5.13. The number of piperidine rings is 1. The smallest absolute Gasteiger partial charge is 0.280 e. The first-order chi connectivity index (χ1) is 21.4. The maximum Gasteiger partial charge on any atom is 0.280 e. The molecule has 0 aliphatic carbocycles. The van der Waals surface area contributed by atoms with Crippen LogP contribution in [-0.2, 0) is 6.54 Å². The zero-order valence-electron chi connectivity index (χ0n) is 23.7. The molecule has 2 aromatic carbocycles. The van der Waals surface area contributed by atoms with E-state index in [1.165, 1.54) is 16.9 Å². The number of carbonyl (C=O) groups excluding carboxylic acids is 2. The molecular weight excluding hydrogens is 574 g/mol. The Kier molecular flexibility index (Phi) is 7.20. The Bertz CT molecular complexity index is 2010. The van der Waals surface area contributed by atoms with Gasteiger partial charge in [-0.25, -0.2) is 19.9 Å². The van der Waals surface area contributed by atoms with Gasteiger partial charge < -0.3 is 16.8 Å². The van der Waals surface area contributed by atoms with Gasteiger partial charge in [0.15, 0.2) is 16.5 Å². The zero-order valence-corrected chi connectivity index (χ0v) is 24.5. The molecule has 7 rings (SSSR count). The highest BCUT2D eigenvalue weighted by Gasteiger charge is 2.23. The van der Waals surface area contributed by atoms with Gasteiger partial charge in [-0.05, 0) is 73.0 Å². The number of rotatable bonds is 7. The maximum absolute atomic E-state index is 12.9. The molecule has 0 atom stereocenters. The predicted octanol–water partition coefficient (Wildman–Crippen LogP) is 4.17. The highest BCUT2D eigenvalue weighted by atomic mass is 32.1. The molecule has 12 heteroatoms. The van der Waals surface area contributed by atoms with Crippen LogP contribution >= 0.6 is 11.3 Å². The van der Waals surface area contributed by atoms with E-state index in [9.17, 15) is 9.59 Å². The quantitative estimate of drug-likeness (QED) is 0.245. The summed E-state index contributed by atoms with van der Waals surface area (Å²) in [7, 11) is 0. The fraction of sp³-hybridized carbons (Fsp3) is 0.188. The summed E-state index contributed by atoms with van der Waals surface area (Å²) in [4.78, 5) is 44.9. The summed E-state index contributed by atoms with van der Waals surface area (Å²) >= 11 is 1.31. The molecule has 1 aliphatic heterocycles. The van der Waals surface area contributed by atoms with Gasteiger partial charge in [0.1, 0.15) is 11.3 Å². The molecule has 5 heterocycles. The molecule has 5 N–H and O–H groups in total. The minimum Gasteiger partial charge on any atom is -0.383 e. The molecular formula is C32H29N9O2S. The number of nitrogen functional groups attached to an aromatic ring is 1. The molecule has 0 saturated carbocycles. The summed E-state index contributed by atoms with van der Waals surface area (Å²) in [6, 6.07) is 21.1. The van der Waals surface area contributed by atoms with Gasteiger partial charge in [0.05, 0.1) is 15.8 Å². The molecule has 44 heavy (non-hydrogen) atoms. The first-order valence-electron chi connectivity index (χ1n) is 14.3. The standard InChI is InChI=1S/C32H29N9O2S/c33-27-23(3-1-13-35-27)29-38-24-4-2-14-36-30(24)41(29)22-8-5-19(6-9-22)18-40-15-11-21(12-16-40)37-31(43)32-39-25-17-20(28(34)42)7-10-26(25)44-32/h1-10,13-14,17,21H,11-12,15-16,18H2,(H2,33,35)(H2,34,42)(H,37,43). The molecule has 0 radical (unpaired) electrons. The van der Waals surface area contributed by atoms with Crippen molar-refractivity contribution in [2.45, 2.75) is 25.4 Å². The third kappa shape index (κ3) is 5.36. The van der Waals surface area contributed by atoms with Crippen molar-refractivity contribution in [3.05, 3.63) is 95.3 Å². The number of pyridine rings is 2. The van der Waals surface area contributed by atoms with Gasteiger partial charge in [0.25, 0.3) is 5.91 Å². The minimum absolute atomic E-state index is 0.0784. The number of likely N-dealkylation sites (tertiary alicyclic amines) is 1. The van der Waals surface area contributed by atoms with Crippen molar-refractivity contribution >= 4 is 50.3 Å². The first kappa shape index (κ1) is 27.6. The van der Waals surface area contributed by atoms with Crippen LogP contribution in [0.1, 0.15) is 38.6 Å². The Hall–Kier alpha value is -5.20. The van der Waals surface area contributed by atoms with Crippen molar-refractivity contribution in [2.75, 3.05) is 18.8 Å². The Balaban J connectivity index is 1.00. The highest BCUT2D eigenvalue weighted by Crippen LogP contribution is 2.30. The van der Waals surface area contributed by atoms with Crippen LogP contribution in [0.3, 0.4) is 0 Å². The summed E-state index contributed by atoms with van der Waals surface area (Å²) in [5, 5.41) is 3.53. The Morgan fingerprint density at radius 2 is 1.70 bits per heavy atom. The van der Waals surface area contributed by atoms with E-state index in [0.29, 0.717) is 27.7 Å². The van der Waals surface area contributed by atoms with E-state index in [2.05, 4.69) is 49.4 Å². The molecule has 2 amide bonds. The number of imidazole rings is 1. The second-order valence-corrected chi connectivity index (χ2v) is 11.8. The van der Waals surface area contributed by atoms with Crippen molar-refractivity contribution in [3.63, 3.8) is 0 Å². The Morgan fingerprint density at radius 1 is 0.932 bits per heavy atom. The van der Waals surface area contributed by atoms with Crippen molar-refractivity contribution in [1.29, 1.82) is 0 Å². The third-order valence-electron chi connectivity index (χ3n) is 7.89. The molecule has 1 fully saturated rings. The number of nitrogens with one attached hydrogen (secondary N) is 1. The number of hydrogen-bond donors (Lipinski definition) is 3. The predicted molar refractivity (Wildman–Crippen MR) is 170 cm³/mol. The van der Waals surface area contributed by atoms with Crippen LogP contribution in [0.2, 0.25) is 0 Å². The molecule has 0 bridgehead atoms. The van der Waals surface area contributed by atoms with E-state index < -0.39 is 5.91 Å². The van der Waals surface area contributed by atoms with Gasteiger partial charge in [0.2, 0.25) is 5.91 Å². The molecule has 6 aromatic rings. The largest absolute Gasteiger partial charge is 0.383 e. The fourth-order valence-corrected chi connectivity index (χ4v) is 6.46. The van der Waals surface area contributed by atoms with E-state index >= 15 is 0 Å². The normalized spacial score (nSPS) is 14.3. The number of nitrogens with two attached hydrogens (primary N) is 2. The lowest BCUT2D eigenvalue weighted by Gasteiger charge is -2.32. The van der Waals surface area contributed by atoms with Crippen molar-refractivity contribution in [1.82, 2.24) is 34.7 Å². The number of benzene rings is 2. The number of nitrogens with zero attached hydrogens (tertiary/aromatic N) is 6. The third-order valence-corrected chi connectivity index (χ3v) is 8.92. The van der Waals surface area contributed by atoms with Gasteiger partial charge in [-0.3, -0.25) is 19.1 Å². The van der Waals surface area contributed by atoms with Crippen molar-refractivity contribution < 1.29 is 9.59 Å². The fourth-order valence-electron chi connectivity index (χ4n) is 5.61. The van der Waals surface area contributed by atoms with E-state index in [4.69, 9.17) is 16.5 Å². The summed E-state index contributed by atoms with van der Waals surface area (Å²) in [5.74, 6) is 0.412. The average molecular weight is 604 g/mol. The van der Waals surface area contributed by atoms with E-state index in [1.807, 2.05) is 28.8 Å². The number of primary amides is 1.